The topological polar surface area (TPSA) is 0 Å². The number of rotatable bonds is 11. The molecule has 0 nitrogen and oxygen atoms in total. The summed E-state index contributed by atoms with van der Waals surface area (Å²) in [5, 5.41) is 0. The molecule has 0 radical (unpaired) electrons. The van der Waals surface area contributed by atoms with Gasteiger partial charge in [-0.15, -0.1) is 0 Å². The van der Waals surface area contributed by atoms with Gasteiger partial charge in [-0.1, -0.05) is 90.9 Å². The van der Waals surface area contributed by atoms with Crippen LogP contribution in [0.1, 0.15) is 92.3 Å². The van der Waals surface area contributed by atoms with Crippen molar-refractivity contribution in [2.45, 2.75) is 90.9 Å². The fourth-order valence-electron chi connectivity index (χ4n) is 1.91. The summed E-state index contributed by atoms with van der Waals surface area (Å²) in [5.41, 5.74) is 0. The maximum atomic E-state index is 2.29. The van der Waals surface area contributed by atoms with Crippen molar-refractivity contribution in [3.63, 3.8) is 0 Å². The summed E-state index contributed by atoms with van der Waals surface area (Å²) in [5.74, 6) is 0. The Bertz CT molecular complexity index is 84.7. The second-order valence-electron chi connectivity index (χ2n) is 4.54. The SMILES string of the molecule is CCCCCCCCCCCCCC.[H-].[K+]. The maximum absolute atomic E-state index is 2.29. The van der Waals surface area contributed by atoms with E-state index >= 15 is 0 Å². The van der Waals surface area contributed by atoms with E-state index in [0.29, 0.717) is 0 Å². The first-order chi connectivity index (χ1) is 6.91. The van der Waals surface area contributed by atoms with E-state index in [1.54, 1.807) is 0 Å². The first kappa shape index (κ1) is 19.0. The molecule has 1 heteroatoms. The van der Waals surface area contributed by atoms with Gasteiger partial charge in [-0.25, -0.2) is 0 Å². The first-order valence-electron chi connectivity index (χ1n) is 6.91. The Morgan fingerprint density at radius 2 is 0.667 bits per heavy atom. The summed E-state index contributed by atoms with van der Waals surface area (Å²) >= 11 is 0. The fraction of sp³-hybridized carbons (Fsp3) is 1.00. The molecule has 0 atom stereocenters. The molecular weight excluding hydrogens is 207 g/mol. The summed E-state index contributed by atoms with van der Waals surface area (Å²) in [4.78, 5) is 0. The zero-order chi connectivity index (χ0) is 10.5. The summed E-state index contributed by atoms with van der Waals surface area (Å²) in [6.07, 6.45) is 17.4. The van der Waals surface area contributed by atoms with Crippen molar-refractivity contribution in [3.05, 3.63) is 0 Å². The van der Waals surface area contributed by atoms with Crippen LogP contribution in [0.5, 0.6) is 0 Å². The van der Waals surface area contributed by atoms with Gasteiger partial charge >= 0.3 is 51.4 Å². The van der Waals surface area contributed by atoms with E-state index in [-0.39, 0.29) is 52.8 Å². The zero-order valence-electron chi connectivity index (χ0n) is 12.5. The molecule has 0 N–H and O–H groups in total. The van der Waals surface area contributed by atoms with E-state index in [0.717, 1.165) is 0 Å². The molecule has 0 aliphatic rings. The molecule has 0 unspecified atom stereocenters. The van der Waals surface area contributed by atoms with Crippen LogP contribution in [0.25, 0.3) is 0 Å². The van der Waals surface area contributed by atoms with Gasteiger partial charge in [0.25, 0.3) is 0 Å². The molecule has 0 aliphatic heterocycles. The van der Waals surface area contributed by atoms with E-state index in [9.17, 15) is 0 Å². The molecule has 0 saturated carbocycles. The fourth-order valence-corrected chi connectivity index (χ4v) is 1.91. The minimum absolute atomic E-state index is 0. The molecule has 0 aromatic heterocycles. The second-order valence-corrected chi connectivity index (χ2v) is 4.54. The molecule has 0 aromatic rings. The van der Waals surface area contributed by atoms with Crippen molar-refractivity contribution in [3.8, 4) is 0 Å². The van der Waals surface area contributed by atoms with Crippen LogP contribution in [0.15, 0.2) is 0 Å². The number of hydrogen-bond donors (Lipinski definition) is 0. The van der Waals surface area contributed by atoms with Gasteiger partial charge in [0.15, 0.2) is 0 Å². The smallest absolute Gasteiger partial charge is 1.00 e. The minimum atomic E-state index is 0. The predicted octanol–water partition coefficient (Wildman–Crippen LogP) is 2.82. The Hall–Kier alpha value is 1.64. The molecule has 88 valence electrons. The van der Waals surface area contributed by atoms with Crippen LogP contribution in [0.4, 0.5) is 0 Å². The molecule has 0 fully saturated rings. The monoisotopic (exact) mass is 238 g/mol. The molecule has 0 heterocycles. The Morgan fingerprint density at radius 3 is 0.867 bits per heavy atom. The van der Waals surface area contributed by atoms with Crippen LogP contribution in [0.2, 0.25) is 0 Å². The van der Waals surface area contributed by atoms with Gasteiger partial charge in [-0.2, -0.15) is 0 Å². The Labute approximate surface area is 142 Å². The minimum Gasteiger partial charge on any atom is -1.00 e. The summed E-state index contributed by atoms with van der Waals surface area (Å²) in [6, 6.07) is 0. The standard InChI is InChI=1S/C14H30.K.H/c1-3-5-7-9-11-13-14-12-10-8-6-4-2;;/h3-14H2,1-2H3;;/q;+1;-1. The van der Waals surface area contributed by atoms with Crippen LogP contribution in [0, 0.1) is 0 Å². The third-order valence-electron chi connectivity index (χ3n) is 2.96. The Kier molecular flexibility index (Phi) is 22.8. The van der Waals surface area contributed by atoms with Gasteiger partial charge in [0, 0.05) is 0 Å². The molecule has 15 heavy (non-hydrogen) atoms. The molecule has 0 bridgehead atoms. The average molecular weight is 238 g/mol. The molecule has 0 rings (SSSR count). The van der Waals surface area contributed by atoms with Gasteiger partial charge in [0.05, 0.1) is 0 Å². The first-order valence-corrected chi connectivity index (χ1v) is 6.91. The van der Waals surface area contributed by atoms with Crippen molar-refractivity contribution in [1.29, 1.82) is 0 Å². The maximum Gasteiger partial charge on any atom is 1.00 e. The normalized spacial score (nSPS) is 10.0. The third-order valence-corrected chi connectivity index (χ3v) is 2.96. The summed E-state index contributed by atoms with van der Waals surface area (Å²) in [7, 11) is 0. The van der Waals surface area contributed by atoms with Gasteiger partial charge < -0.3 is 1.43 Å². The average Bonchev–Trinajstić information content (AvgIpc) is 2.21. The van der Waals surface area contributed by atoms with E-state index in [1.165, 1.54) is 77.0 Å². The molecule has 0 aliphatic carbocycles. The van der Waals surface area contributed by atoms with Gasteiger partial charge in [-0.05, 0) is 0 Å². The van der Waals surface area contributed by atoms with Crippen LogP contribution in [-0.4, -0.2) is 0 Å². The Morgan fingerprint density at radius 1 is 0.467 bits per heavy atom. The number of unbranched alkanes of at least 4 members (excludes halogenated alkanes) is 11. The van der Waals surface area contributed by atoms with Gasteiger partial charge in [0.2, 0.25) is 0 Å². The van der Waals surface area contributed by atoms with Crippen molar-refractivity contribution in [1.82, 2.24) is 0 Å². The van der Waals surface area contributed by atoms with Crippen molar-refractivity contribution >= 4 is 0 Å². The largest absolute Gasteiger partial charge is 1.00 e. The van der Waals surface area contributed by atoms with Crippen molar-refractivity contribution in [2.75, 3.05) is 0 Å². The predicted molar refractivity (Wildman–Crippen MR) is 67.9 cm³/mol. The van der Waals surface area contributed by atoms with E-state index in [1.807, 2.05) is 0 Å². The van der Waals surface area contributed by atoms with Gasteiger partial charge in [0.1, 0.15) is 0 Å². The van der Waals surface area contributed by atoms with E-state index in [2.05, 4.69) is 13.8 Å². The van der Waals surface area contributed by atoms with Crippen molar-refractivity contribution < 1.29 is 52.8 Å². The quantitative estimate of drug-likeness (QED) is 0.384. The summed E-state index contributed by atoms with van der Waals surface area (Å²) in [6.45, 7) is 4.57. The van der Waals surface area contributed by atoms with Gasteiger partial charge in [-0.3, -0.25) is 0 Å². The van der Waals surface area contributed by atoms with Crippen LogP contribution >= 0.6 is 0 Å². The van der Waals surface area contributed by atoms with E-state index in [4.69, 9.17) is 0 Å². The third kappa shape index (κ3) is 18.2. The molecule has 0 spiro atoms. The van der Waals surface area contributed by atoms with Crippen LogP contribution in [0.3, 0.4) is 0 Å². The van der Waals surface area contributed by atoms with Crippen molar-refractivity contribution in [2.24, 2.45) is 0 Å². The Balaban J connectivity index is -0.000000845. The van der Waals surface area contributed by atoms with E-state index < -0.39 is 0 Å². The molecule has 0 amide bonds. The molecule has 0 saturated heterocycles. The summed E-state index contributed by atoms with van der Waals surface area (Å²) < 4.78 is 0. The second kappa shape index (κ2) is 18.0. The molecule has 0 aromatic carbocycles. The zero-order valence-corrected chi connectivity index (χ0v) is 14.6. The number of hydrogen-bond acceptors (Lipinski definition) is 0. The molecular formula is C14H31K. The van der Waals surface area contributed by atoms with Crippen LogP contribution < -0.4 is 51.4 Å². The van der Waals surface area contributed by atoms with Crippen LogP contribution in [-0.2, 0) is 0 Å².